The number of fused-ring (bicyclic) bond motifs is 1. The summed E-state index contributed by atoms with van der Waals surface area (Å²) in [5.41, 5.74) is 1.53. The Labute approximate surface area is 115 Å². The lowest BCUT2D eigenvalue weighted by molar-refractivity contribution is 0.0240. The van der Waals surface area contributed by atoms with E-state index in [0.29, 0.717) is 18.8 Å². The predicted octanol–water partition coefficient (Wildman–Crippen LogP) is 2.38. The molecule has 2 heterocycles. The van der Waals surface area contributed by atoms with Gasteiger partial charge in [-0.1, -0.05) is 0 Å². The number of ether oxygens (including phenoxy) is 2. The van der Waals surface area contributed by atoms with Crippen molar-refractivity contribution in [2.75, 3.05) is 13.2 Å². The molecule has 20 heavy (non-hydrogen) atoms. The molecule has 0 atom stereocenters. The van der Waals surface area contributed by atoms with Crippen LogP contribution in [-0.4, -0.2) is 35.4 Å². The van der Waals surface area contributed by atoms with Crippen LogP contribution < -0.4 is 4.74 Å². The summed E-state index contributed by atoms with van der Waals surface area (Å²) < 4.78 is 24.9. The van der Waals surface area contributed by atoms with E-state index >= 15 is 0 Å². The molecule has 0 radical (unpaired) electrons. The lowest BCUT2D eigenvalue weighted by Gasteiger charge is -2.23. The fourth-order valence-electron chi connectivity index (χ4n) is 2.60. The standard InChI is InChI=1S/C14H16FNO4/c15-12-5-9-7-16(14(17)18)8-10(9)6-13(12)20-11-1-3-19-4-2-11/h5-6,11H,1-4,7-8H2,(H,17,18). The van der Waals surface area contributed by atoms with E-state index in [2.05, 4.69) is 0 Å². The van der Waals surface area contributed by atoms with Gasteiger partial charge in [-0.05, 0) is 23.3 Å². The third-order valence-electron chi connectivity index (χ3n) is 3.71. The number of carboxylic acid groups (broad SMARTS) is 1. The lowest BCUT2D eigenvalue weighted by atomic mass is 10.1. The zero-order chi connectivity index (χ0) is 14.1. The highest BCUT2D eigenvalue weighted by atomic mass is 19.1. The maximum Gasteiger partial charge on any atom is 0.407 e. The first-order chi connectivity index (χ1) is 9.63. The Morgan fingerprint density at radius 1 is 1.30 bits per heavy atom. The Morgan fingerprint density at radius 2 is 1.95 bits per heavy atom. The molecule has 2 aliphatic rings. The number of hydrogen-bond donors (Lipinski definition) is 1. The van der Waals surface area contributed by atoms with Crippen molar-refractivity contribution in [1.29, 1.82) is 0 Å². The van der Waals surface area contributed by atoms with E-state index < -0.39 is 11.9 Å². The minimum Gasteiger partial charge on any atom is -0.487 e. The topological polar surface area (TPSA) is 59.0 Å². The van der Waals surface area contributed by atoms with Gasteiger partial charge in [0, 0.05) is 25.9 Å². The highest BCUT2D eigenvalue weighted by molar-refractivity contribution is 5.66. The first kappa shape index (κ1) is 13.2. The zero-order valence-electron chi connectivity index (χ0n) is 11.0. The number of amides is 1. The molecule has 0 aromatic heterocycles. The van der Waals surface area contributed by atoms with E-state index in [-0.39, 0.29) is 24.9 Å². The highest BCUT2D eigenvalue weighted by Gasteiger charge is 2.26. The van der Waals surface area contributed by atoms with Crippen molar-refractivity contribution in [3.8, 4) is 5.75 Å². The quantitative estimate of drug-likeness (QED) is 0.904. The summed E-state index contributed by atoms with van der Waals surface area (Å²) in [5, 5.41) is 8.97. The molecule has 5 nitrogen and oxygen atoms in total. The Morgan fingerprint density at radius 3 is 2.60 bits per heavy atom. The number of nitrogens with zero attached hydrogens (tertiary/aromatic N) is 1. The van der Waals surface area contributed by atoms with Crippen LogP contribution >= 0.6 is 0 Å². The summed E-state index contributed by atoms with van der Waals surface area (Å²) in [5.74, 6) is -0.217. The second-order valence-corrected chi connectivity index (χ2v) is 5.12. The minimum atomic E-state index is -0.992. The van der Waals surface area contributed by atoms with E-state index in [4.69, 9.17) is 14.6 Å². The van der Waals surface area contributed by atoms with Crippen molar-refractivity contribution in [2.45, 2.75) is 32.0 Å². The molecule has 0 saturated carbocycles. The maximum atomic E-state index is 14.0. The van der Waals surface area contributed by atoms with Crippen LogP contribution in [-0.2, 0) is 17.8 Å². The molecule has 2 aliphatic heterocycles. The molecular weight excluding hydrogens is 265 g/mol. The van der Waals surface area contributed by atoms with Crippen LogP contribution in [0.25, 0.3) is 0 Å². The predicted molar refractivity (Wildman–Crippen MR) is 68.1 cm³/mol. The van der Waals surface area contributed by atoms with Gasteiger partial charge >= 0.3 is 6.09 Å². The fraction of sp³-hybridized carbons (Fsp3) is 0.500. The van der Waals surface area contributed by atoms with Gasteiger partial charge in [-0.25, -0.2) is 9.18 Å². The molecule has 1 fully saturated rings. The van der Waals surface area contributed by atoms with E-state index in [1.807, 2.05) is 0 Å². The van der Waals surface area contributed by atoms with Crippen molar-refractivity contribution < 1.29 is 23.8 Å². The van der Waals surface area contributed by atoms with Crippen molar-refractivity contribution >= 4 is 6.09 Å². The second kappa shape index (κ2) is 5.28. The highest BCUT2D eigenvalue weighted by Crippen LogP contribution is 2.30. The molecule has 1 N–H and O–H groups in total. The van der Waals surface area contributed by atoms with Crippen LogP contribution in [0.15, 0.2) is 12.1 Å². The third kappa shape index (κ3) is 2.56. The summed E-state index contributed by atoms with van der Waals surface area (Å²) in [6.07, 6.45) is 0.469. The molecule has 1 aromatic rings. The van der Waals surface area contributed by atoms with Gasteiger partial charge in [-0.2, -0.15) is 0 Å². The molecule has 1 saturated heterocycles. The number of halogens is 1. The third-order valence-corrected chi connectivity index (χ3v) is 3.71. The normalized spacial score (nSPS) is 18.9. The Balaban J connectivity index is 1.77. The van der Waals surface area contributed by atoms with Gasteiger partial charge in [0.25, 0.3) is 0 Å². The summed E-state index contributed by atoms with van der Waals surface area (Å²) in [7, 11) is 0. The van der Waals surface area contributed by atoms with Crippen molar-refractivity contribution in [3.63, 3.8) is 0 Å². The summed E-state index contributed by atoms with van der Waals surface area (Å²) in [6.45, 7) is 1.78. The smallest absolute Gasteiger partial charge is 0.407 e. The summed E-state index contributed by atoms with van der Waals surface area (Å²) >= 11 is 0. The van der Waals surface area contributed by atoms with E-state index in [1.165, 1.54) is 11.0 Å². The van der Waals surface area contributed by atoms with Crippen LogP contribution in [0.3, 0.4) is 0 Å². The average molecular weight is 281 g/mol. The van der Waals surface area contributed by atoms with Crippen LogP contribution in [0.5, 0.6) is 5.75 Å². The van der Waals surface area contributed by atoms with Crippen LogP contribution in [0.2, 0.25) is 0 Å². The molecule has 0 bridgehead atoms. The molecule has 0 spiro atoms. The van der Waals surface area contributed by atoms with Gasteiger partial charge in [0.15, 0.2) is 11.6 Å². The molecule has 3 rings (SSSR count). The van der Waals surface area contributed by atoms with Gasteiger partial charge in [0.2, 0.25) is 0 Å². The molecule has 0 aliphatic carbocycles. The molecule has 6 heteroatoms. The second-order valence-electron chi connectivity index (χ2n) is 5.12. The van der Waals surface area contributed by atoms with Gasteiger partial charge < -0.3 is 14.6 Å². The summed E-state index contributed by atoms with van der Waals surface area (Å²) in [4.78, 5) is 12.2. The van der Waals surface area contributed by atoms with Gasteiger partial charge in [-0.15, -0.1) is 0 Å². The van der Waals surface area contributed by atoms with E-state index in [0.717, 1.165) is 18.4 Å². The van der Waals surface area contributed by atoms with Crippen molar-refractivity contribution in [3.05, 3.63) is 29.1 Å². The van der Waals surface area contributed by atoms with Crippen molar-refractivity contribution in [2.24, 2.45) is 0 Å². The summed E-state index contributed by atoms with van der Waals surface area (Å²) in [6, 6.07) is 3.01. The monoisotopic (exact) mass is 281 g/mol. The van der Waals surface area contributed by atoms with Crippen LogP contribution in [0.4, 0.5) is 9.18 Å². The van der Waals surface area contributed by atoms with E-state index in [9.17, 15) is 9.18 Å². The average Bonchev–Trinajstić information content (AvgIpc) is 2.83. The Kier molecular flexibility index (Phi) is 3.48. The SMILES string of the molecule is O=C(O)N1Cc2cc(F)c(OC3CCOCC3)cc2C1. The Hall–Kier alpha value is -1.82. The van der Waals surface area contributed by atoms with Gasteiger partial charge in [0.1, 0.15) is 6.10 Å². The fourth-order valence-corrected chi connectivity index (χ4v) is 2.60. The number of hydrogen-bond acceptors (Lipinski definition) is 3. The maximum absolute atomic E-state index is 14.0. The minimum absolute atomic E-state index is 0.0340. The molecule has 108 valence electrons. The first-order valence-corrected chi connectivity index (χ1v) is 6.67. The van der Waals surface area contributed by atoms with Crippen molar-refractivity contribution in [1.82, 2.24) is 4.90 Å². The van der Waals surface area contributed by atoms with Crippen LogP contribution in [0, 0.1) is 5.82 Å². The first-order valence-electron chi connectivity index (χ1n) is 6.67. The number of benzene rings is 1. The van der Waals surface area contributed by atoms with Gasteiger partial charge in [0.05, 0.1) is 13.2 Å². The van der Waals surface area contributed by atoms with Crippen LogP contribution in [0.1, 0.15) is 24.0 Å². The number of carbonyl (C=O) groups is 1. The molecule has 1 aromatic carbocycles. The molecule has 1 amide bonds. The molecular formula is C14H16FNO4. The Bertz CT molecular complexity index is 528. The largest absolute Gasteiger partial charge is 0.487 e. The number of rotatable bonds is 2. The molecule has 0 unspecified atom stereocenters. The van der Waals surface area contributed by atoms with E-state index in [1.54, 1.807) is 6.07 Å². The zero-order valence-corrected chi connectivity index (χ0v) is 11.0. The lowest BCUT2D eigenvalue weighted by Crippen LogP contribution is -2.26. The van der Waals surface area contributed by atoms with Gasteiger partial charge in [-0.3, -0.25) is 4.90 Å².